The lowest BCUT2D eigenvalue weighted by Gasteiger charge is -2.60. The molecule has 32 heavy (non-hydrogen) atoms. The molecule has 186 valence electrons. The second kappa shape index (κ2) is 11.2. The quantitative estimate of drug-likeness (QED) is 0.391. The van der Waals surface area contributed by atoms with Gasteiger partial charge in [0.1, 0.15) is 0 Å². The van der Waals surface area contributed by atoms with Gasteiger partial charge in [0, 0.05) is 0 Å². The standard InChI is InChI=1S/C27H48N2O.C2H6/c1-4-24(25(28)30)29-18-8-6-10-20-12-14-22-21-13-11-19-9-5-7-16-26(19,2)23(21)15-17-27(20,22)3;1-2/h19-24,29H,4-18H2,1-3H3,(H2,28,30);1-2H3. The molecule has 4 fully saturated rings. The van der Waals surface area contributed by atoms with Gasteiger partial charge in [0.25, 0.3) is 0 Å². The topological polar surface area (TPSA) is 55.1 Å². The minimum atomic E-state index is -0.207. The van der Waals surface area contributed by atoms with Crippen LogP contribution in [0.3, 0.4) is 0 Å². The van der Waals surface area contributed by atoms with E-state index in [1.54, 1.807) is 0 Å². The minimum absolute atomic E-state index is 0.148. The van der Waals surface area contributed by atoms with Crippen LogP contribution < -0.4 is 11.1 Å². The van der Waals surface area contributed by atoms with Gasteiger partial charge < -0.3 is 11.1 Å². The number of hydrogen-bond acceptors (Lipinski definition) is 2. The Bertz CT molecular complexity index is 606. The average molecular weight is 447 g/mol. The van der Waals surface area contributed by atoms with Crippen molar-refractivity contribution in [2.75, 3.05) is 6.54 Å². The Balaban J connectivity index is 0.00000141. The van der Waals surface area contributed by atoms with E-state index < -0.39 is 0 Å². The third-order valence-electron chi connectivity index (χ3n) is 10.9. The fourth-order valence-electron chi connectivity index (χ4n) is 9.12. The summed E-state index contributed by atoms with van der Waals surface area (Å²) in [5.41, 5.74) is 6.73. The van der Waals surface area contributed by atoms with Gasteiger partial charge in [-0.2, -0.15) is 0 Å². The van der Waals surface area contributed by atoms with Crippen molar-refractivity contribution in [2.24, 2.45) is 46.2 Å². The summed E-state index contributed by atoms with van der Waals surface area (Å²) in [7, 11) is 0. The van der Waals surface area contributed by atoms with Gasteiger partial charge in [0.05, 0.1) is 6.04 Å². The summed E-state index contributed by atoms with van der Waals surface area (Å²) in [5.74, 6) is 4.81. The van der Waals surface area contributed by atoms with E-state index in [2.05, 4.69) is 19.2 Å². The predicted molar refractivity (Wildman–Crippen MR) is 136 cm³/mol. The maximum Gasteiger partial charge on any atom is 0.234 e. The van der Waals surface area contributed by atoms with E-state index in [0.717, 1.165) is 42.6 Å². The summed E-state index contributed by atoms with van der Waals surface area (Å²) >= 11 is 0. The highest BCUT2D eigenvalue weighted by Gasteiger charge is 2.59. The van der Waals surface area contributed by atoms with Crippen LogP contribution in [0.15, 0.2) is 0 Å². The number of fused-ring (bicyclic) bond motifs is 5. The van der Waals surface area contributed by atoms with Crippen LogP contribution >= 0.6 is 0 Å². The van der Waals surface area contributed by atoms with E-state index >= 15 is 0 Å². The number of rotatable bonds is 8. The first-order valence-electron chi connectivity index (χ1n) is 14.4. The van der Waals surface area contributed by atoms with Crippen LogP contribution in [0, 0.1) is 40.4 Å². The molecule has 0 aromatic rings. The van der Waals surface area contributed by atoms with Gasteiger partial charge >= 0.3 is 0 Å². The molecule has 4 aliphatic carbocycles. The van der Waals surface area contributed by atoms with Crippen LogP contribution in [-0.2, 0) is 4.79 Å². The molecule has 0 spiro atoms. The van der Waals surface area contributed by atoms with Crippen molar-refractivity contribution in [3.05, 3.63) is 0 Å². The molecule has 0 aromatic heterocycles. The molecule has 1 amide bonds. The van der Waals surface area contributed by atoms with Crippen LogP contribution in [0.1, 0.15) is 125 Å². The molecular weight excluding hydrogens is 392 g/mol. The molecule has 3 heteroatoms. The van der Waals surface area contributed by atoms with Crippen LogP contribution in [0.5, 0.6) is 0 Å². The van der Waals surface area contributed by atoms with Gasteiger partial charge in [-0.3, -0.25) is 4.79 Å². The lowest BCUT2D eigenvalue weighted by molar-refractivity contribution is -0.120. The van der Waals surface area contributed by atoms with Gasteiger partial charge in [-0.25, -0.2) is 0 Å². The molecule has 0 heterocycles. The predicted octanol–water partition coefficient (Wildman–Crippen LogP) is 7.09. The van der Waals surface area contributed by atoms with Gasteiger partial charge in [-0.05, 0) is 118 Å². The largest absolute Gasteiger partial charge is 0.368 e. The van der Waals surface area contributed by atoms with Gasteiger partial charge in [0.15, 0.2) is 0 Å². The first-order valence-corrected chi connectivity index (χ1v) is 14.4. The highest BCUT2D eigenvalue weighted by Crippen LogP contribution is 2.67. The summed E-state index contributed by atoms with van der Waals surface area (Å²) in [6.45, 7) is 12.3. The lowest BCUT2D eigenvalue weighted by Crippen LogP contribution is -2.52. The number of carbonyl (C=O) groups excluding carboxylic acids is 1. The molecule has 4 aliphatic rings. The summed E-state index contributed by atoms with van der Waals surface area (Å²) < 4.78 is 0. The second-order valence-electron chi connectivity index (χ2n) is 12.0. The number of hydrogen-bond donors (Lipinski definition) is 2. The SMILES string of the molecule is CC.CCC(NCCCCC1CCC2C3CCC4CCCCC4(C)C3CCC12C)C(N)=O. The van der Waals surface area contributed by atoms with E-state index in [0.29, 0.717) is 10.8 Å². The fourth-order valence-corrected chi connectivity index (χ4v) is 9.12. The molecule has 4 saturated carbocycles. The monoisotopic (exact) mass is 446 g/mol. The summed E-state index contributed by atoms with van der Waals surface area (Å²) in [5, 5.41) is 3.35. The maximum absolute atomic E-state index is 11.4. The molecule has 0 saturated heterocycles. The smallest absolute Gasteiger partial charge is 0.234 e. The summed E-state index contributed by atoms with van der Waals surface area (Å²) in [4.78, 5) is 11.4. The first kappa shape index (κ1) is 26.0. The van der Waals surface area contributed by atoms with E-state index in [1.165, 1.54) is 83.5 Å². The average Bonchev–Trinajstić information content (AvgIpc) is 3.13. The molecule has 0 bridgehead atoms. The van der Waals surface area contributed by atoms with Crippen LogP contribution in [0.25, 0.3) is 0 Å². The zero-order chi connectivity index (χ0) is 23.4. The molecule has 0 aliphatic heterocycles. The zero-order valence-electron chi connectivity index (χ0n) is 22.1. The highest BCUT2D eigenvalue weighted by molar-refractivity contribution is 5.79. The highest BCUT2D eigenvalue weighted by atomic mass is 16.1. The Morgan fingerprint density at radius 1 is 0.938 bits per heavy atom. The van der Waals surface area contributed by atoms with Gasteiger partial charge in [-0.15, -0.1) is 0 Å². The molecule has 8 unspecified atom stereocenters. The Morgan fingerprint density at radius 3 is 2.41 bits per heavy atom. The Labute approximate surface area is 199 Å². The molecule has 3 nitrogen and oxygen atoms in total. The van der Waals surface area contributed by atoms with E-state index in [4.69, 9.17) is 5.73 Å². The first-order chi connectivity index (χ1) is 15.4. The molecule has 8 atom stereocenters. The third kappa shape index (κ3) is 4.93. The molecular formula is C29H54N2O. The normalized spacial score (nSPS) is 41.5. The molecule has 0 radical (unpaired) electrons. The molecule has 4 rings (SSSR count). The van der Waals surface area contributed by atoms with Crippen LogP contribution in [-0.4, -0.2) is 18.5 Å². The Morgan fingerprint density at radius 2 is 1.69 bits per heavy atom. The Kier molecular flexibility index (Phi) is 9.14. The van der Waals surface area contributed by atoms with Crippen molar-refractivity contribution >= 4 is 5.91 Å². The number of carbonyl (C=O) groups is 1. The third-order valence-corrected chi connectivity index (χ3v) is 10.9. The van der Waals surface area contributed by atoms with Gasteiger partial charge in [0.2, 0.25) is 5.91 Å². The van der Waals surface area contributed by atoms with Crippen LogP contribution in [0.4, 0.5) is 0 Å². The number of primary amides is 1. The van der Waals surface area contributed by atoms with Gasteiger partial charge in [-0.1, -0.05) is 53.9 Å². The minimum Gasteiger partial charge on any atom is -0.368 e. The number of nitrogens with two attached hydrogens (primary N) is 1. The van der Waals surface area contributed by atoms with Crippen LogP contribution in [0.2, 0.25) is 0 Å². The summed E-state index contributed by atoms with van der Waals surface area (Å²) in [6, 6.07) is -0.148. The van der Waals surface area contributed by atoms with Crippen molar-refractivity contribution in [3.8, 4) is 0 Å². The van der Waals surface area contributed by atoms with Crippen molar-refractivity contribution in [1.82, 2.24) is 5.32 Å². The Hall–Kier alpha value is -0.570. The summed E-state index contributed by atoms with van der Waals surface area (Å²) in [6.07, 6.45) is 19.7. The number of nitrogens with one attached hydrogen (secondary N) is 1. The number of amides is 1. The van der Waals surface area contributed by atoms with E-state index in [-0.39, 0.29) is 11.9 Å². The zero-order valence-corrected chi connectivity index (χ0v) is 22.1. The second-order valence-corrected chi connectivity index (χ2v) is 12.0. The fraction of sp³-hybridized carbons (Fsp3) is 0.966. The lowest BCUT2D eigenvalue weighted by atomic mass is 9.45. The van der Waals surface area contributed by atoms with E-state index in [1.807, 2.05) is 20.8 Å². The van der Waals surface area contributed by atoms with Crippen molar-refractivity contribution < 1.29 is 4.79 Å². The maximum atomic E-state index is 11.4. The van der Waals surface area contributed by atoms with Crippen molar-refractivity contribution in [2.45, 2.75) is 131 Å². The van der Waals surface area contributed by atoms with Crippen molar-refractivity contribution in [1.29, 1.82) is 0 Å². The molecule has 0 aromatic carbocycles. The van der Waals surface area contributed by atoms with Crippen molar-refractivity contribution in [3.63, 3.8) is 0 Å². The van der Waals surface area contributed by atoms with E-state index in [9.17, 15) is 4.79 Å². The number of unbranched alkanes of at least 4 members (excludes halogenated alkanes) is 1. The molecule has 3 N–H and O–H groups in total.